The maximum Gasteiger partial charge on any atom is 0.345 e. The minimum Gasteiger partial charge on any atom is -0.454 e. The normalized spacial score (nSPS) is 12.1. The zero-order chi connectivity index (χ0) is 21.8. The lowest BCUT2D eigenvalue weighted by Gasteiger charge is -2.09. The molecule has 31 heavy (non-hydrogen) atoms. The highest BCUT2D eigenvalue weighted by Gasteiger charge is 2.17. The van der Waals surface area contributed by atoms with Gasteiger partial charge in [0.1, 0.15) is 5.75 Å². The van der Waals surface area contributed by atoms with E-state index in [0.29, 0.717) is 22.6 Å². The fourth-order valence-electron chi connectivity index (χ4n) is 2.76. The molecule has 0 saturated heterocycles. The molecule has 3 aromatic carbocycles. The van der Waals surface area contributed by atoms with Crippen LogP contribution in [0.15, 0.2) is 70.2 Å². The van der Waals surface area contributed by atoms with E-state index < -0.39 is 11.9 Å². The van der Waals surface area contributed by atoms with Gasteiger partial charge in [0.2, 0.25) is 6.79 Å². The summed E-state index contributed by atoms with van der Waals surface area (Å²) >= 11 is 9.43. The topological polar surface area (TPSA) is 86.2 Å². The molecule has 0 atom stereocenters. The Balaban J connectivity index is 1.48. The number of rotatable bonds is 5. The molecule has 156 valence electrons. The average molecular weight is 502 g/mol. The third-order valence-electron chi connectivity index (χ3n) is 4.27. The molecule has 0 fully saturated rings. The van der Waals surface area contributed by atoms with Crippen LogP contribution >= 0.6 is 27.5 Å². The molecule has 0 spiro atoms. The Bertz CT molecular complexity index is 1200. The van der Waals surface area contributed by atoms with E-state index in [4.69, 9.17) is 25.8 Å². The third-order valence-corrected chi connectivity index (χ3v) is 5.10. The van der Waals surface area contributed by atoms with Crippen molar-refractivity contribution in [3.05, 3.63) is 86.8 Å². The predicted molar refractivity (Wildman–Crippen MR) is 118 cm³/mol. The maximum atomic E-state index is 12.5. The SMILES string of the molecule is O=C(N/N=C\c1cc(Br)ccc1OC(=O)c1ccccc1Cl)c1ccc2c(c1)OCO2. The Kier molecular flexibility index (Phi) is 6.20. The molecule has 1 N–H and O–H groups in total. The molecule has 0 aromatic heterocycles. The first-order valence-electron chi connectivity index (χ1n) is 9.00. The van der Waals surface area contributed by atoms with Gasteiger partial charge < -0.3 is 14.2 Å². The molecule has 7 nitrogen and oxygen atoms in total. The predicted octanol–water partition coefficient (Wildman–Crippen LogP) is 4.81. The van der Waals surface area contributed by atoms with Crippen LogP contribution in [0.2, 0.25) is 5.02 Å². The molecule has 0 saturated carbocycles. The number of hydrogen-bond acceptors (Lipinski definition) is 6. The highest BCUT2D eigenvalue weighted by molar-refractivity contribution is 9.10. The van der Waals surface area contributed by atoms with Crippen molar-refractivity contribution < 1.29 is 23.8 Å². The molecule has 1 heterocycles. The van der Waals surface area contributed by atoms with Gasteiger partial charge in [-0.3, -0.25) is 4.79 Å². The maximum absolute atomic E-state index is 12.5. The van der Waals surface area contributed by atoms with Crippen LogP contribution in [0.25, 0.3) is 0 Å². The van der Waals surface area contributed by atoms with Gasteiger partial charge in [-0.1, -0.05) is 39.7 Å². The summed E-state index contributed by atoms with van der Waals surface area (Å²) in [5.74, 6) is 0.303. The molecule has 4 rings (SSSR count). The number of hydrazone groups is 1. The summed E-state index contributed by atoms with van der Waals surface area (Å²) in [4.78, 5) is 24.8. The quantitative estimate of drug-likeness (QED) is 0.235. The number of halogens is 2. The number of amides is 1. The first kappa shape index (κ1) is 20.9. The van der Waals surface area contributed by atoms with Gasteiger partial charge in [-0.05, 0) is 48.5 Å². The van der Waals surface area contributed by atoms with Crippen LogP contribution in [0, 0.1) is 0 Å². The highest BCUT2D eigenvalue weighted by atomic mass is 79.9. The summed E-state index contributed by atoms with van der Waals surface area (Å²) in [7, 11) is 0. The van der Waals surface area contributed by atoms with E-state index >= 15 is 0 Å². The average Bonchev–Trinajstić information content (AvgIpc) is 3.23. The third kappa shape index (κ3) is 4.87. The number of fused-ring (bicyclic) bond motifs is 1. The number of nitrogens with one attached hydrogen (secondary N) is 1. The van der Waals surface area contributed by atoms with Gasteiger partial charge in [0.25, 0.3) is 5.91 Å². The van der Waals surface area contributed by atoms with Crippen LogP contribution in [0.3, 0.4) is 0 Å². The van der Waals surface area contributed by atoms with Gasteiger partial charge in [-0.25, -0.2) is 10.2 Å². The molecular weight excluding hydrogens is 488 g/mol. The first-order valence-corrected chi connectivity index (χ1v) is 10.2. The Morgan fingerprint density at radius 2 is 1.87 bits per heavy atom. The second-order valence-electron chi connectivity index (χ2n) is 6.32. The minimum absolute atomic E-state index is 0.122. The monoisotopic (exact) mass is 500 g/mol. The standard InChI is InChI=1S/C22H14BrClN2O5/c23-15-6-8-18(31-22(28)16-3-1-2-4-17(16)24)14(9-15)11-25-26-21(27)13-5-7-19-20(10-13)30-12-29-19/h1-11H,12H2,(H,26,27)/b25-11-. The van der Waals surface area contributed by atoms with Crippen molar-refractivity contribution in [1.29, 1.82) is 0 Å². The number of carbonyl (C=O) groups is 2. The van der Waals surface area contributed by atoms with E-state index in [0.717, 1.165) is 4.47 Å². The molecule has 3 aromatic rings. The van der Waals surface area contributed by atoms with Crippen LogP contribution in [0.5, 0.6) is 17.2 Å². The molecule has 0 aliphatic carbocycles. The van der Waals surface area contributed by atoms with Crippen LogP contribution in [-0.4, -0.2) is 24.9 Å². The molecule has 0 unspecified atom stereocenters. The van der Waals surface area contributed by atoms with Crippen LogP contribution in [0.4, 0.5) is 0 Å². The van der Waals surface area contributed by atoms with E-state index in [2.05, 4.69) is 26.5 Å². The van der Waals surface area contributed by atoms with Crippen LogP contribution < -0.4 is 19.6 Å². The Hall–Kier alpha value is -3.36. The van der Waals surface area contributed by atoms with Gasteiger partial charge in [-0.2, -0.15) is 5.10 Å². The largest absolute Gasteiger partial charge is 0.454 e. The van der Waals surface area contributed by atoms with E-state index in [1.807, 2.05) is 0 Å². The van der Waals surface area contributed by atoms with Gasteiger partial charge in [0, 0.05) is 15.6 Å². The van der Waals surface area contributed by atoms with E-state index in [-0.39, 0.29) is 23.1 Å². The lowest BCUT2D eigenvalue weighted by molar-refractivity contribution is 0.0734. The van der Waals surface area contributed by atoms with Gasteiger partial charge in [0.05, 0.1) is 16.8 Å². The number of nitrogens with zero attached hydrogens (tertiary/aromatic N) is 1. The summed E-state index contributed by atoms with van der Waals surface area (Å²) < 4.78 is 16.7. The van der Waals surface area contributed by atoms with Gasteiger partial charge in [0.15, 0.2) is 11.5 Å². The molecule has 1 amide bonds. The molecule has 9 heteroatoms. The van der Waals surface area contributed by atoms with E-state index in [1.54, 1.807) is 60.7 Å². The second kappa shape index (κ2) is 9.20. The highest BCUT2D eigenvalue weighted by Crippen LogP contribution is 2.32. The Morgan fingerprint density at radius 1 is 1.06 bits per heavy atom. The summed E-state index contributed by atoms with van der Waals surface area (Å²) in [6.07, 6.45) is 1.38. The molecule has 1 aliphatic rings. The fourth-order valence-corrected chi connectivity index (χ4v) is 3.35. The molecular formula is C22H14BrClN2O5. The number of benzene rings is 3. The second-order valence-corrected chi connectivity index (χ2v) is 7.64. The van der Waals surface area contributed by atoms with Crippen molar-refractivity contribution in [3.8, 4) is 17.2 Å². The van der Waals surface area contributed by atoms with Crippen molar-refractivity contribution in [2.45, 2.75) is 0 Å². The molecule has 0 bridgehead atoms. The fraction of sp³-hybridized carbons (Fsp3) is 0.0455. The molecule has 1 aliphatic heterocycles. The van der Waals surface area contributed by atoms with Crippen molar-refractivity contribution in [3.63, 3.8) is 0 Å². The summed E-state index contributed by atoms with van der Waals surface area (Å²) in [6, 6.07) is 16.5. The van der Waals surface area contributed by atoms with Crippen molar-refractivity contribution >= 4 is 45.6 Å². The zero-order valence-electron chi connectivity index (χ0n) is 15.8. The summed E-state index contributed by atoms with van der Waals surface area (Å²) in [6.45, 7) is 0.122. The summed E-state index contributed by atoms with van der Waals surface area (Å²) in [5.41, 5.74) is 3.51. The number of ether oxygens (including phenoxy) is 3. The first-order chi connectivity index (χ1) is 15.0. The minimum atomic E-state index is -0.605. The zero-order valence-corrected chi connectivity index (χ0v) is 18.1. The van der Waals surface area contributed by atoms with Crippen molar-refractivity contribution in [2.24, 2.45) is 5.10 Å². The summed E-state index contributed by atoms with van der Waals surface area (Å²) in [5, 5.41) is 4.26. The lowest BCUT2D eigenvalue weighted by Crippen LogP contribution is -2.17. The van der Waals surface area contributed by atoms with Crippen LogP contribution in [-0.2, 0) is 0 Å². The Morgan fingerprint density at radius 3 is 2.71 bits per heavy atom. The van der Waals surface area contributed by atoms with Gasteiger partial charge in [-0.15, -0.1) is 0 Å². The van der Waals surface area contributed by atoms with Crippen molar-refractivity contribution in [1.82, 2.24) is 5.43 Å². The number of esters is 1. The lowest BCUT2D eigenvalue weighted by atomic mass is 10.2. The van der Waals surface area contributed by atoms with Crippen molar-refractivity contribution in [2.75, 3.05) is 6.79 Å². The van der Waals surface area contributed by atoms with Gasteiger partial charge >= 0.3 is 5.97 Å². The Labute approximate surface area is 190 Å². The number of carbonyl (C=O) groups excluding carboxylic acids is 2. The van der Waals surface area contributed by atoms with Crippen LogP contribution in [0.1, 0.15) is 26.3 Å². The van der Waals surface area contributed by atoms with E-state index in [1.165, 1.54) is 6.21 Å². The molecule has 0 radical (unpaired) electrons. The number of hydrogen-bond donors (Lipinski definition) is 1. The van der Waals surface area contributed by atoms with E-state index in [9.17, 15) is 9.59 Å². The smallest absolute Gasteiger partial charge is 0.345 e.